The minimum Gasteiger partial charge on any atom is -0.374 e. The highest BCUT2D eigenvalue weighted by Crippen LogP contribution is 2.34. The first-order chi connectivity index (χ1) is 6.97. The summed E-state index contributed by atoms with van der Waals surface area (Å²) in [6.07, 6.45) is 2.38. The van der Waals surface area contributed by atoms with Crippen LogP contribution in [0.5, 0.6) is 0 Å². The number of anilines is 1. The Morgan fingerprint density at radius 2 is 2.00 bits per heavy atom. The van der Waals surface area contributed by atoms with Gasteiger partial charge in [0.25, 0.3) is 0 Å². The molecule has 82 valence electrons. The Hall–Kier alpha value is -0.980. The summed E-state index contributed by atoms with van der Waals surface area (Å²) >= 11 is 0. The van der Waals surface area contributed by atoms with E-state index in [2.05, 4.69) is 50.9 Å². The molecule has 15 heavy (non-hydrogen) atoms. The van der Waals surface area contributed by atoms with Crippen LogP contribution < -0.4 is 4.90 Å². The number of hydrogen-bond donors (Lipinski definition) is 0. The number of hydrogen-bond acceptors (Lipinski definition) is 1. The lowest BCUT2D eigenvalue weighted by atomic mass is 9.87. The Bertz CT molecular complexity index is 360. The van der Waals surface area contributed by atoms with Crippen LogP contribution in [0.4, 0.5) is 5.69 Å². The number of fused-ring (bicyclic) bond motifs is 1. The standard InChI is InChI=1S/C14H21N/c1-14(2,3)10-12-7-5-6-11-8-9-15(4)13(11)12/h5-7H,8-10H2,1-4H3. The maximum absolute atomic E-state index is 2.40. The molecular weight excluding hydrogens is 182 g/mol. The van der Waals surface area contributed by atoms with Crippen LogP contribution in [0, 0.1) is 5.41 Å². The molecule has 1 aliphatic heterocycles. The second-order valence-electron chi connectivity index (χ2n) is 5.83. The Kier molecular flexibility index (Phi) is 2.49. The number of benzene rings is 1. The van der Waals surface area contributed by atoms with Gasteiger partial charge in [-0.15, -0.1) is 0 Å². The maximum Gasteiger partial charge on any atom is 0.0429 e. The van der Waals surface area contributed by atoms with Gasteiger partial charge in [0, 0.05) is 19.3 Å². The van der Waals surface area contributed by atoms with Gasteiger partial charge >= 0.3 is 0 Å². The summed E-state index contributed by atoms with van der Waals surface area (Å²) in [5, 5.41) is 0. The summed E-state index contributed by atoms with van der Waals surface area (Å²) in [7, 11) is 2.21. The van der Waals surface area contributed by atoms with E-state index >= 15 is 0 Å². The third-order valence-electron chi connectivity index (χ3n) is 3.02. The summed E-state index contributed by atoms with van der Waals surface area (Å²) in [6, 6.07) is 6.76. The van der Waals surface area contributed by atoms with E-state index in [0.717, 1.165) is 0 Å². The lowest BCUT2D eigenvalue weighted by Crippen LogP contribution is -2.17. The van der Waals surface area contributed by atoms with Crippen LogP contribution in [-0.4, -0.2) is 13.6 Å². The highest BCUT2D eigenvalue weighted by atomic mass is 15.1. The third kappa shape index (κ3) is 2.17. The topological polar surface area (TPSA) is 3.24 Å². The highest BCUT2D eigenvalue weighted by molar-refractivity contribution is 5.63. The van der Waals surface area contributed by atoms with Gasteiger partial charge in [0.05, 0.1) is 0 Å². The van der Waals surface area contributed by atoms with Crippen molar-refractivity contribution in [2.24, 2.45) is 5.41 Å². The monoisotopic (exact) mass is 203 g/mol. The molecule has 0 bridgehead atoms. The average molecular weight is 203 g/mol. The molecule has 1 aliphatic rings. The maximum atomic E-state index is 2.40. The van der Waals surface area contributed by atoms with Gasteiger partial charge in [0.15, 0.2) is 0 Å². The van der Waals surface area contributed by atoms with Crippen molar-refractivity contribution in [3.63, 3.8) is 0 Å². The molecule has 0 atom stereocenters. The first-order valence-electron chi connectivity index (χ1n) is 5.79. The van der Waals surface area contributed by atoms with E-state index in [0.29, 0.717) is 5.41 Å². The van der Waals surface area contributed by atoms with E-state index in [9.17, 15) is 0 Å². The molecule has 0 aliphatic carbocycles. The van der Waals surface area contributed by atoms with Crippen molar-refractivity contribution >= 4 is 5.69 Å². The van der Waals surface area contributed by atoms with Crippen LogP contribution in [0.1, 0.15) is 31.9 Å². The molecule has 0 spiro atoms. The fourth-order valence-electron chi connectivity index (χ4n) is 2.45. The molecular formula is C14H21N. The molecule has 0 unspecified atom stereocenters. The highest BCUT2D eigenvalue weighted by Gasteiger charge is 2.21. The zero-order valence-electron chi connectivity index (χ0n) is 10.3. The van der Waals surface area contributed by atoms with Crippen molar-refractivity contribution in [3.8, 4) is 0 Å². The van der Waals surface area contributed by atoms with E-state index in [-0.39, 0.29) is 0 Å². The van der Waals surface area contributed by atoms with Crippen LogP contribution in [0.25, 0.3) is 0 Å². The molecule has 1 aromatic carbocycles. The zero-order valence-corrected chi connectivity index (χ0v) is 10.3. The van der Waals surface area contributed by atoms with E-state index < -0.39 is 0 Å². The second kappa shape index (κ2) is 3.55. The van der Waals surface area contributed by atoms with Crippen LogP contribution >= 0.6 is 0 Å². The predicted octanol–water partition coefficient (Wildman–Crippen LogP) is 3.27. The Morgan fingerprint density at radius 1 is 1.27 bits per heavy atom. The van der Waals surface area contributed by atoms with Gasteiger partial charge in [0.1, 0.15) is 0 Å². The fourth-order valence-corrected chi connectivity index (χ4v) is 2.45. The van der Waals surface area contributed by atoms with Crippen molar-refractivity contribution < 1.29 is 0 Å². The molecule has 0 saturated heterocycles. The van der Waals surface area contributed by atoms with Crippen molar-refractivity contribution in [1.29, 1.82) is 0 Å². The fraction of sp³-hybridized carbons (Fsp3) is 0.571. The Morgan fingerprint density at radius 3 is 2.67 bits per heavy atom. The summed E-state index contributed by atoms with van der Waals surface area (Å²) in [6.45, 7) is 8.10. The Balaban J connectivity index is 2.37. The normalized spacial score (nSPS) is 15.6. The smallest absolute Gasteiger partial charge is 0.0429 e. The lowest BCUT2D eigenvalue weighted by Gasteiger charge is -2.23. The molecule has 1 nitrogen and oxygen atoms in total. The molecule has 0 N–H and O–H groups in total. The average Bonchev–Trinajstić information content (AvgIpc) is 2.46. The first kappa shape index (κ1) is 10.5. The van der Waals surface area contributed by atoms with Gasteiger partial charge in [-0.2, -0.15) is 0 Å². The molecule has 0 saturated carbocycles. The van der Waals surface area contributed by atoms with Crippen molar-refractivity contribution in [1.82, 2.24) is 0 Å². The lowest BCUT2D eigenvalue weighted by molar-refractivity contribution is 0.411. The van der Waals surface area contributed by atoms with Crippen LogP contribution in [0.2, 0.25) is 0 Å². The van der Waals surface area contributed by atoms with Crippen LogP contribution in [-0.2, 0) is 12.8 Å². The molecule has 0 amide bonds. The molecule has 1 heterocycles. The first-order valence-corrected chi connectivity index (χ1v) is 5.79. The molecule has 0 aromatic heterocycles. The van der Waals surface area contributed by atoms with Crippen LogP contribution in [0.15, 0.2) is 18.2 Å². The van der Waals surface area contributed by atoms with E-state index in [1.165, 1.54) is 36.2 Å². The Labute approximate surface area is 93.1 Å². The van der Waals surface area contributed by atoms with Gasteiger partial charge in [-0.1, -0.05) is 39.0 Å². The molecule has 2 rings (SSSR count). The number of likely N-dealkylation sites (N-methyl/N-ethyl adjacent to an activating group) is 1. The van der Waals surface area contributed by atoms with Gasteiger partial charge in [-0.25, -0.2) is 0 Å². The number of rotatable bonds is 1. The van der Waals surface area contributed by atoms with E-state index in [1.54, 1.807) is 0 Å². The van der Waals surface area contributed by atoms with Gasteiger partial charge in [0.2, 0.25) is 0 Å². The van der Waals surface area contributed by atoms with Gasteiger partial charge in [-0.05, 0) is 29.4 Å². The van der Waals surface area contributed by atoms with E-state index in [1.807, 2.05) is 0 Å². The van der Waals surface area contributed by atoms with E-state index in [4.69, 9.17) is 0 Å². The molecule has 0 radical (unpaired) electrons. The largest absolute Gasteiger partial charge is 0.374 e. The molecule has 1 heteroatoms. The summed E-state index contributed by atoms with van der Waals surface area (Å²) < 4.78 is 0. The van der Waals surface area contributed by atoms with Gasteiger partial charge in [-0.3, -0.25) is 0 Å². The number of para-hydroxylation sites is 1. The third-order valence-corrected chi connectivity index (χ3v) is 3.02. The molecule has 1 aromatic rings. The minimum absolute atomic E-state index is 0.374. The van der Waals surface area contributed by atoms with Crippen molar-refractivity contribution in [2.75, 3.05) is 18.5 Å². The van der Waals surface area contributed by atoms with Gasteiger partial charge < -0.3 is 4.90 Å². The predicted molar refractivity (Wildman–Crippen MR) is 66.6 cm³/mol. The van der Waals surface area contributed by atoms with Crippen LogP contribution in [0.3, 0.4) is 0 Å². The zero-order chi connectivity index (χ0) is 11.1. The second-order valence-corrected chi connectivity index (χ2v) is 5.83. The summed E-state index contributed by atoms with van der Waals surface area (Å²) in [5.41, 5.74) is 4.91. The molecule has 0 fully saturated rings. The SMILES string of the molecule is CN1CCc2cccc(CC(C)(C)C)c21. The quantitative estimate of drug-likeness (QED) is 0.677. The summed E-state index contributed by atoms with van der Waals surface area (Å²) in [4.78, 5) is 2.40. The number of nitrogens with zero attached hydrogens (tertiary/aromatic N) is 1. The minimum atomic E-state index is 0.374. The van der Waals surface area contributed by atoms with Crippen molar-refractivity contribution in [2.45, 2.75) is 33.6 Å². The summed E-state index contributed by atoms with van der Waals surface area (Å²) in [5.74, 6) is 0. The van der Waals surface area contributed by atoms with Crippen molar-refractivity contribution in [3.05, 3.63) is 29.3 Å².